The van der Waals surface area contributed by atoms with Gasteiger partial charge < -0.3 is 96.3 Å². The Morgan fingerprint density at radius 1 is 0.585 bits per heavy atom. The summed E-state index contributed by atoms with van der Waals surface area (Å²) in [7, 11) is 0. The van der Waals surface area contributed by atoms with Crippen molar-refractivity contribution < 1.29 is 148 Å². The maximum atomic E-state index is 13.0. The number of carbonyl (C=O) groups excluding carboxylic acids is 6. The van der Waals surface area contributed by atoms with Gasteiger partial charge in [0.1, 0.15) is 30.4 Å². The van der Waals surface area contributed by atoms with E-state index in [1.807, 2.05) is 60.7 Å². The van der Waals surface area contributed by atoms with Gasteiger partial charge in [-0.3, -0.25) is 19.2 Å². The van der Waals surface area contributed by atoms with E-state index < -0.39 is 128 Å². The van der Waals surface area contributed by atoms with Crippen molar-refractivity contribution in [1.82, 2.24) is 26.6 Å². The molecule has 0 saturated carbocycles. The number of aliphatic hydroxyl groups is 6. The molecule has 0 bridgehead atoms. The van der Waals surface area contributed by atoms with E-state index in [9.17, 15) is 64.5 Å². The fourth-order valence-electron chi connectivity index (χ4n) is 10.7. The molecule has 94 heavy (non-hydrogen) atoms. The second-order valence-electron chi connectivity index (χ2n) is 22.6. The summed E-state index contributed by atoms with van der Waals surface area (Å²) in [6, 6.07) is 38.7. The van der Waals surface area contributed by atoms with Crippen LogP contribution < -0.4 is 90.8 Å². The molecule has 12 N–H and O–H groups in total. The number of unbranched alkanes of at least 4 members (excludes halogenated alkanes) is 1. The molecule has 5 aromatic carbocycles. The van der Waals surface area contributed by atoms with E-state index in [1.54, 1.807) is 78.3 Å². The summed E-state index contributed by atoms with van der Waals surface area (Å²) >= 11 is 3.34. The number of rotatable bonds is 36. The van der Waals surface area contributed by atoms with Crippen molar-refractivity contribution in [3.8, 4) is 22.3 Å². The first kappa shape index (κ1) is 81.8. The topological polar surface area (TPSA) is 374 Å². The monoisotopic (exact) mass is 1360 g/mol. The molecule has 27 heteroatoms. The standard InChI is InChI=1S/C67H84N5O17S2.2Na.H2O/c1-43(74)71-57-53(76)37-66(42-73,88-61(57)59(80)55(78)40-69-63(82)51-26-22-49(23-27-51)47-14-5-3-6-15-47)86-31-11-35-91-36-30-68-39-46-20-18-45(19-21-46)13-9-10-33-90-34-12-32-87-67(65(84)85)38-54(77)58(72-44(2)75)62(89-67)60(81)56(79)41-70-64(83)52-28-24-50(25-29-52)48-16-7-4-8-17-48;;;/h3-8,14-29,53-62,68,76-81H,9-13,30-41H2,1-2H3,(H,69,82)(H,70,83)(H,71,74)(H,72,75)(H,84,85);;;1H2/q-1;2*+1;/p-2/t53-,54-,55+,56+,57+,58+,59+,60+,61+,62+,66+,67+;;;/m0.../s1. The first-order chi connectivity index (χ1) is 43.8. The molecule has 0 aromatic heterocycles. The molecule has 0 aliphatic carbocycles. The van der Waals surface area contributed by atoms with Crippen molar-refractivity contribution in [2.75, 3.05) is 55.9 Å². The number of aliphatic carboxylic acids is 1. The number of aryl methyl sites for hydroxylation is 1. The molecule has 4 amide bonds. The van der Waals surface area contributed by atoms with Gasteiger partial charge in [0.05, 0.1) is 48.9 Å². The molecule has 2 heterocycles. The molecule has 2 aliphatic heterocycles. The smallest absolute Gasteiger partial charge is 0.870 e. The Bertz CT molecular complexity index is 3100. The van der Waals surface area contributed by atoms with Crippen molar-refractivity contribution in [3.05, 3.63) is 156 Å². The van der Waals surface area contributed by atoms with Gasteiger partial charge >= 0.3 is 59.1 Å². The molecule has 0 spiro atoms. The molecular formula is C67H84N5Na2O18S2-. The van der Waals surface area contributed by atoms with Crippen LogP contribution >= 0.6 is 23.5 Å². The number of carboxylic acids is 1. The average Bonchev–Trinajstić information content (AvgIpc) is 0.779. The van der Waals surface area contributed by atoms with Gasteiger partial charge in [-0.2, -0.15) is 23.5 Å². The van der Waals surface area contributed by atoms with Crippen molar-refractivity contribution in [3.63, 3.8) is 0 Å². The molecule has 2 saturated heterocycles. The van der Waals surface area contributed by atoms with Crippen LogP contribution in [-0.2, 0) is 51.1 Å². The van der Waals surface area contributed by atoms with E-state index in [0.29, 0.717) is 36.5 Å². The maximum Gasteiger partial charge on any atom is 1.00 e. The van der Waals surface area contributed by atoms with Gasteiger partial charge in [-0.15, -0.1) is 0 Å². The van der Waals surface area contributed by atoms with Crippen molar-refractivity contribution in [2.24, 2.45) is 0 Å². The Hall–Kier alpha value is -4.66. The summed E-state index contributed by atoms with van der Waals surface area (Å²) in [6.07, 6.45) is -8.84. The van der Waals surface area contributed by atoms with Gasteiger partial charge in [0.25, 0.3) is 11.8 Å². The third-order valence-corrected chi connectivity index (χ3v) is 17.8. The first-order valence-corrected chi connectivity index (χ1v) is 32.8. The Morgan fingerprint density at radius 3 is 1.50 bits per heavy atom. The van der Waals surface area contributed by atoms with E-state index in [0.717, 1.165) is 65.1 Å². The Labute approximate surface area is 600 Å². The predicted molar refractivity (Wildman–Crippen MR) is 344 cm³/mol. The Morgan fingerprint density at radius 2 is 1.02 bits per heavy atom. The summed E-state index contributed by atoms with van der Waals surface area (Å²) in [5, 5.41) is 93.1. The van der Waals surface area contributed by atoms with E-state index in [4.69, 9.17) is 18.9 Å². The minimum Gasteiger partial charge on any atom is -0.870 e. The van der Waals surface area contributed by atoms with Gasteiger partial charge in [0, 0.05) is 76.4 Å². The Balaban J connectivity index is 0.00000627. The summed E-state index contributed by atoms with van der Waals surface area (Å²) in [4.78, 5) is 75.2. The predicted octanol–water partition coefficient (Wildman–Crippen LogP) is -3.59. The second-order valence-corrected chi connectivity index (χ2v) is 25.0. The fraction of sp³-hybridized carbons (Fsp3) is 0.463. The molecule has 23 nitrogen and oxygen atoms in total. The quantitative estimate of drug-likeness (QED) is 0.0105. The summed E-state index contributed by atoms with van der Waals surface area (Å²) in [5.74, 6) is -5.69. The third-order valence-electron chi connectivity index (χ3n) is 15.6. The van der Waals surface area contributed by atoms with Crippen LogP contribution in [0.1, 0.15) is 84.2 Å². The first-order valence-electron chi connectivity index (χ1n) is 30.5. The van der Waals surface area contributed by atoms with Crippen LogP contribution in [0.25, 0.3) is 22.3 Å². The van der Waals surface area contributed by atoms with Crippen LogP contribution in [0.2, 0.25) is 0 Å². The zero-order valence-corrected chi connectivity index (χ0v) is 59.1. The molecule has 0 unspecified atom stereocenters. The number of benzene rings is 5. The molecule has 2 aliphatic rings. The van der Waals surface area contributed by atoms with Crippen LogP contribution in [0, 0.1) is 0 Å². The summed E-state index contributed by atoms with van der Waals surface area (Å²) < 4.78 is 23.4. The van der Waals surface area contributed by atoms with E-state index in [1.165, 1.54) is 19.4 Å². The minimum atomic E-state index is -2.51. The van der Waals surface area contributed by atoms with Crippen molar-refractivity contribution >= 4 is 59.4 Å². The van der Waals surface area contributed by atoms with E-state index in [-0.39, 0.29) is 83.4 Å². The number of carbonyl (C=O) groups is 5. The number of thioether (sulfide) groups is 2. The zero-order valence-electron chi connectivity index (χ0n) is 53.4. The number of ether oxygens (including phenoxy) is 4. The summed E-state index contributed by atoms with van der Waals surface area (Å²) in [6.45, 7) is 2.84. The van der Waals surface area contributed by atoms with E-state index in [2.05, 4.69) is 50.8 Å². The summed E-state index contributed by atoms with van der Waals surface area (Å²) in [5.41, 5.74) is 6.68. The fourth-order valence-corrected chi connectivity index (χ4v) is 12.4. The van der Waals surface area contributed by atoms with Crippen LogP contribution in [0.3, 0.4) is 0 Å². The normalized spacial score (nSPS) is 22.0. The largest absolute Gasteiger partial charge is 1.00 e. The van der Waals surface area contributed by atoms with Crippen LogP contribution in [-0.4, -0.2) is 200 Å². The Kier molecular flexibility index (Phi) is 36.1. The van der Waals surface area contributed by atoms with Gasteiger partial charge in [0.2, 0.25) is 17.6 Å². The number of amides is 4. The van der Waals surface area contributed by atoms with E-state index >= 15 is 0 Å². The molecule has 5 aromatic rings. The number of carboxylic acid groups (broad SMARTS) is 1. The van der Waals surface area contributed by atoms with Crippen LogP contribution in [0.4, 0.5) is 0 Å². The SMILES string of the molecule is CC(=O)N[C@H]1[C@H]([C@H](O)[C@H](O)CNC(=O)c2ccc(-c3ccccc3)cc2)O[C@]([C-]=O)(OCCCSCCNCc2ccc(CCCCSCCCO[C@]3(C(=O)[O-])C[C@H](O)[C@@H](NC(C)=O)[C@H]([C@H](O)[C@H](O)CNC(=O)c4ccc(-c5ccccc5)cc4)O3)cc2)C[C@@H]1O.[Na+].[Na+].[OH-]. The van der Waals surface area contributed by atoms with Gasteiger partial charge in [-0.25, -0.2) is 6.29 Å². The van der Waals surface area contributed by atoms with Gasteiger partial charge in [-0.1, -0.05) is 109 Å². The maximum absolute atomic E-state index is 13.0. The number of nitrogens with one attached hydrogen (secondary N) is 5. The number of hydrogen-bond donors (Lipinski definition) is 11. The van der Waals surface area contributed by atoms with Crippen LogP contribution in [0.5, 0.6) is 0 Å². The molecule has 500 valence electrons. The van der Waals surface area contributed by atoms with Crippen LogP contribution in [0.15, 0.2) is 133 Å². The number of hydrogen-bond acceptors (Lipinski definition) is 21. The third kappa shape index (κ3) is 24.7. The van der Waals surface area contributed by atoms with Gasteiger partial charge in [0.15, 0.2) is 0 Å². The molecule has 0 radical (unpaired) electrons. The molecule has 12 atom stereocenters. The molecular weight excluding hydrogens is 1270 g/mol. The van der Waals surface area contributed by atoms with Gasteiger partial charge in [-0.05, 0) is 107 Å². The number of aliphatic hydroxyl groups excluding tert-OH is 6. The second kappa shape index (κ2) is 41.6. The molecule has 7 rings (SSSR count). The van der Waals surface area contributed by atoms with Crippen molar-refractivity contribution in [2.45, 2.75) is 138 Å². The average molecular weight is 1360 g/mol. The minimum absolute atomic E-state index is 0. The van der Waals surface area contributed by atoms with Crippen molar-refractivity contribution in [1.29, 1.82) is 0 Å². The molecule has 2 fully saturated rings. The zero-order chi connectivity index (χ0) is 65.3.